The first kappa shape index (κ1) is 19.7. The maximum Gasteiger partial charge on any atom is 0.251 e. The average Bonchev–Trinajstić information content (AvgIpc) is 2.72. The molecule has 3 aromatic carbocycles. The third-order valence-electron chi connectivity index (χ3n) is 4.77. The van der Waals surface area contributed by atoms with Crippen molar-refractivity contribution in [1.82, 2.24) is 5.32 Å². The minimum absolute atomic E-state index is 0.0741. The van der Waals surface area contributed by atoms with Crippen LogP contribution in [0.5, 0.6) is 11.5 Å². The third-order valence-corrected chi connectivity index (χ3v) is 4.77. The summed E-state index contributed by atoms with van der Waals surface area (Å²) in [6.45, 7) is 4.46. The Bertz CT molecular complexity index is 946. The van der Waals surface area contributed by atoms with Crippen molar-refractivity contribution < 1.29 is 14.3 Å². The highest BCUT2D eigenvalue weighted by atomic mass is 16.5. The van der Waals surface area contributed by atoms with Gasteiger partial charge in [-0.05, 0) is 43.0 Å². The molecule has 0 aromatic heterocycles. The zero-order valence-corrected chi connectivity index (χ0v) is 16.7. The smallest absolute Gasteiger partial charge is 0.251 e. The number of hydrogen-bond acceptors (Lipinski definition) is 3. The molecule has 0 saturated carbocycles. The van der Waals surface area contributed by atoms with Gasteiger partial charge in [-0.1, -0.05) is 49.7 Å². The predicted octanol–water partition coefficient (Wildman–Crippen LogP) is 5.35. The Morgan fingerprint density at radius 1 is 1.04 bits per heavy atom. The first-order chi connectivity index (χ1) is 13.6. The van der Waals surface area contributed by atoms with Gasteiger partial charge < -0.3 is 14.8 Å². The molecular weight excluding hydrogens is 350 g/mol. The van der Waals surface area contributed by atoms with E-state index in [0.29, 0.717) is 17.9 Å². The summed E-state index contributed by atoms with van der Waals surface area (Å²) < 4.78 is 11.6. The number of hydrogen-bond donors (Lipinski definition) is 1. The van der Waals surface area contributed by atoms with Crippen molar-refractivity contribution in [3.8, 4) is 11.5 Å². The van der Waals surface area contributed by atoms with Crippen LogP contribution in [-0.4, -0.2) is 19.1 Å². The summed E-state index contributed by atoms with van der Waals surface area (Å²) in [5, 5.41) is 5.23. The van der Waals surface area contributed by atoms with Crippen LogP contribution >= 0.6 is 0 Å². The normalized spacial score (nSPS) is 11.8. The van der Waals surface area contributed by atoms with Crippen LogP contribution in [0.15, 0.2) is 60.7 Å². The third kappa shape index (κ3) is 4.63. The van der Waals surface area contributed by atoms with Gasteiger partial charge in [0.15, 0.2) is 0 Å². The number of amides is 1. The van der Waals surface area contributed by atoms with Crippen LogP contribution in [0, 0.1) is 0 Å². The maximum atomic E-state index is 12.5. The van der Waals surface area contributed by atoms with E-state index in [4.69, 9.17) is 9.47 Å². The number of rotatable bonds is 8. The minimum atomic E-state index is -0.0741. The van der Waals surface area contributed by atoms with Crippen molar-refractivity contribution in [2.75, 3.05) is 7.11 Å². The van der Waals surface area contributed by atoms with Crippen LogP contribution in [0.4, 0.5) is 0 Å². The molecule has 0 saturated heterocycles. The van der Waals surface area contributed by atoms with Gasteiger partial charge in [-0.15, -0.1) is 0 Å². The number of nitrogens with one attached hydrogen (secondary N) is 1. The Morgan fingerprint density at radius 3 is 2.61 bits per heavy atom. The second kappa shape index (κ2) is 9.27. The summed E-state index contributed by atoms with van der Waals surface area (Å²) in [5.74, 6) is 1.44. The second-order valence-corrected chi connectivity index (χ2v) is 6.96. The number of carbonyl (C=O) groups is 1. The van der Waals surface area contributed by atoms with Gasteiger partial charge in [0.2, 0.25) is 0 Å². The molecule has 0 radical (unpaired) electrons. The standard InChI is InChI=1S/C24H27NO3/c1-4-8-17(2)25-24(26)19-13-14-22(27-3)20(15-19)16-28-23-12-7-10-18-9-5-6-11-21(18)23/h5-7,9-15,17H,4,8,16H2,1-3H3,(H,25,26)/t17-/m0/s1. The lowest BCUT2D eigenvalue weighted by molar-refractivity contribution is 0.0938. The van der Waals surface area contributed by atoms with E-state index in [2.05, 4.69) is 24.4 Å². The fraction of sp³-hybridized carbons (Fsp3) is 0.292. The Morgan fingerprint density at radius 2 is 1.82 bits per heavy atom. The molecule has 0 aliphatic carbocycles. The van der Waals surface area contributed by atoms with Crippen LogP contribution in [0.1, 0.15) is 42.6 Å². The largest absolute Gasteiger partial charge is 0.496 e. The van der Waals surface area contributed by atoms with Gasteiger partial charge in [0, 0.05) is 22.6 Å². The van der Waals surface area contributed by atoms with Crippen molar-refractivity contribution in [2.24, 2.45) is 0 Å². The van der Waals surface area contributed by atoms with E-state index in [1.165, 1.54) is 0 Å². The monoisotopic (exact) mass is 377 g/mol. The minimum Gasteiger partial charge on any atom is -0.496 e. The molecule has 0 unspecified atom stereocenters. The fourth-order valence-corrected chi connectivity index (χ4v) is 3.32. The number of carbonyl (C=O) groups excluding carboxylic acids is 1. The van der Waals surface area contributed by atoms with Gasteiger partial charge in [0.05, 0.1) is 7.11 Å². The molecule has 0 fully saturated rings. The Hall–Kier alpha value is -3.01. The van der Waals surface area contributed by atoms with Crippen LogP contribution < -0.4 is 14.8 Å². The van der Waals surface area contributed by atoms with E-state index in [0.717, 1.165) is 34.9 Å². The molecule has 0 heterocycles. The predicted molar refractivity (Wildman–Crippen MR) is 113 cm³/mol. The van der Waals surface area contributed by atoms with E-state index >= 15 is 0 Å². The van der Waals surface area contributed by atoms with E-state index in [9.17, 15) is 4.79 Å². The summed E-state index contributed by atoms with van der Waals surface area (Å²) in [6, 6.07) is 19.7. The molecule has 1 N–H and O–H groups in total. The highest BCUT2D eigenvalue weighted by molar-refractivity contribution is 5.94. The SMILES string of the molecule is CCC[C@H](C)NC(=O)c1ccc(OC)c(COc2cccc3ccccc23)c1. The first-order valence-corrected chi connectivity index (χ1v) is 9.70. The van der Waals surface area contributed by atoms with Gasteiger partial charge in [-0.3, -0.25) is 4.79 Å². The van der Waals surface area contributed by atoms with Crippen LogP contribution in [0.2, 0.25) is 0 Å². The Kier molecular flexibility index (Phi) is 6.53. The molecule has 4 nitrogen and oxygen atoms in total. The van der Waals surface area contributed by atoms with E-state index in [1.54, 1.807) is 13.2 Å². The molecule has 4 heteroatoms. The fourth-order valence-electron chi connectivity index (χ4n) is 3.32. The maximum absolute atomic E-state index is 12.5. The number of methoxy groups -OCH3 is 1. The molecule has 0 spiro atoms. The van der Waals surface area contributed by atoms with Crippen LogP contribution in [-0.2, 0) is 6.61 Å². The van der Waals surface area contributed by atoms with Gasteiger partial charge in [-0.25, -0.2) is 0 Å². The van der Waals surface area contributed by atoms with Crippen LogP contribution in [0.3, 0.4) is 0 Å². The zero-order chi connectivity index (χ0) is 19.9. The van der Waals surface area contributed by atoms with E-state index in [-0.39, 0.29) is 11.9 Å². The Balaban J connectivity index is 1.79. The quantitative estimate of drug-likeness (QED) is 0.576. The van der Waals surface area contributed by atoms with Crippen molar-refractivity contribution in [2.45, 2.75) is 39.3 Å². The highest BCUT2D eigenvalue weighted by Gasteiger charge is 2.13. The molecule has 1 atom stereocenters. The lowest BCUT2D eigenvalue weighted by Gasteiger charge is -2.15. The summed E-state index contributed by atoms with van der Waals surface area (Å²) in [6.07, 6.45) is 1.99. The average molecular weight is 377 g/mol. The van der Waals surface area contributed by atoms with Gasteiger partial charge in [0.25, 0.3) is 5.91 Å². The molecule has 0 bridgehead atoms. The van der Waals surface area contributed by atoms with Gasteiger partial charge >= 0.3 is 0 Å². The van der Waals surface area contributed by atoms with Crippen molar-refractivity contribution in [1.29, 1.82) is 0 Å². The van der Waals surface area contributed by atoms with Crippen molar-refractivity contribution in [3.63, 3.8) is 0 Å². The molecular formula is C24H27NO3. The second-order valence-electron chi connectivity index (χ2n) is 6.96. The number of benzene rings is 3. The van der Waals surface area contributed by atoms with Gasteiger partial charge in [0.1, 0.15) is 18.1 Å². The summed E-state index contributed by atoms with van der Waals surface area (Å²) >= 11 is 0. The molecule has 0 aliphatic rings. The summed E-state index contributed by atoms with van der Waals surface area (Å²) in [7, 11) is 1.62. The molecule has 1 amide bonds. The number of ether oxygens (including phenoxy) is 2. The topological polar surface area (TPSA) is 47.6 Å². The first-order valence-electron chi connectivity index (χ1n) is 9.70. The van der Waals surface area contributed by atoms with Crippen LogP contribution in [0.25, 0.3) is 10.8 Å². The molecule has 3 rings (SSSR count). The zero-order valence-electron chi connectivity index (χ0n) is 16.7. The van der Waals surface area contributed by atoms with Crippen molar-refractivity contribution in [3.05, 3.63) is 71.8 Å². The van der Waals surface area contributed by atoms with Gasteiger partial charge in [-0.2, -0.15) is 0 Å². The Labute approximate surface area is 166 Å². The molecule has 28 heavy (non-hydrogen) atoms. The van der Waals surface area contributed by atoms with E-state index < -0.39 is 0 Å². The highest BCUT2D eigenvalue weighted by Crippen LogP contribution is 2.28. The van der Waals surface area contributed by atoms with E-state index in [1.807, 2.05) is 49.4 Å². The molecule has 146 valence electrons. The summed E-state index contributed by atoms with van der Waals surface area (Å²) in [4.78, 5) is 12.5. The lowest BCUT2D eigenvalue weighted by atomic mass is 10.1. The number of fused-ring (bicyclic) bond motifs is 1. The molecule has 3 aromatic rings. The lowest BCUT2D eigenvalue weighted by Crippen LogP contribution is -2.32. The molecule has 0 aliphatic heterocycles. The van der Waals surface area contributed by atoms with Crippen molar-refractivity contribution >= 4 is 16.7 Å². The summed E-state index contributed by atoms with van der Waals surface area (Å²) in [5.41, 5.74) is 1.45.